The summed E-state index contributed by atoms with van der Waals surface area (Å²) in [5.74, 6) is 1.01. The Kier molecular flexibility index (Phi) is 5.42. The van der Waals surface area contributed by atoms with Crippen LogP contribution < -0.4 is 10.1 Å². The van der Waals surface area contributed by atoms with Crippen LogP contribution in [-0.4, -0.2) is 19.7 Å². The number of hydrogen-bond acceptors (Lipinski definition) is 2. The maximum absolute atomic E-state index is 5.53. The highest BCUT2D eigenvalue weighted by atomic mass is 16.5. The highest BCUT2D eigenvalue weighted by molar-refractivity contribution is 5.87. The zero-order chi connectivity index (χ0) is 14.4. The van der Waals surface area contributed by atoms with Crippen LogP contribution in [0.2, 0.25) is 0 Å². The van der Waals surface area contributed by atoms with Gasteiger partial charge in [-0.2, -0.15) is 0 Å². The predicted molar refractivity (Wildman–Crippen MR) is 86.6 cm³/mol. The molecule has 0 heterocycles. The highest BCUT2D eigenvalue weighted by Crippen LogP contribution is 2.29. The fourth-order valence-electron chi connectivity index (χ4n) is 2.58. The summed E-state index contributed by atoms with van der Waals surface area (Å²) in [5, 5.41) is 6.08. The third kappa shape index (κ3) is 3.73. The number of methoxy groups -OCH3 is 1. The van der Waals surface area contributed by atoms with Gasteiger partial charge in [-0.3, -0.25) is 0 Å². The van der Waals surface area contributed by atoms with E-state index < -0.39 is 0 Å². The Hall–Kier alpha value is -1.54. The molecule has 0 aliphatic rings. The van der Waals surface area contributed by atoms with Gasteiger partial charge in [-0.15, -0.1) is 0 Å². The summed E-state index contributed by atoms with van der Waals surface area (Å²) in [6.45, 7) is 5.46. The van der Waals surface area contributed by atoms with Crippen molar-refractivity contribution in [2.45, 2.75) is 39.2 Å². The lowest BCUT2D eigenvalue weighted by atomic mass is 9.99. The normalized spacial score (nSPS) is 11.2. The molecule has 20 heavy (non-hydrogen) atoms. The van der Waals surface area contributed by atoms with Crippen LogP contribution in [0.3, 0.4) is 0 Å². The van der Waals surface area contributed by atoms with E-state index in [0.717, 1.165) is 18.7 Å². The average molecular weight is 271 g/mol. The van der Waals surface area contributed by atoms with E-state index >= 15 is 0 Å². The summed E-state index contributed by atoms with van der Waals surface area (Å²) in [6.07, 6.45) is 3.46. The van der Waals surface area contributed by atoms with Gasteiger partial charge in [0.2, 0.25) is 0 Å². The fourth-order valence-corrected chi connectivity index (χ4v) is 2.58. The number of rotatable bonds is 7. The molecule has 0 unspecified atom stereocenters. The van der Waals surface area contributed by atoms with Crippen LogP contribution in [0.4, 0.5) is 0 Å². The van der Waals surface area contributed by atoms with Gasteiger partial charge in [0, 0.05) is 11.6 Å². The summed E-state index contributed by atoms with van der Waals surface area (Å²) < 4.78 is 5.53. The minimum atomic E-state index is 0.571. The first-order valence-electron chi connectivity index (χ1n) is 7.50. The highest BCUT2D eigenvalue weighted by Gasteiger charge is 2.07. The number of fused-ring (bicyclic) bond motifs is 1. The second-order valence-electron chi connectivity index (χ2n) is 5.53. The second-order valence-corrected chi connectivity index (χ2v) is 5.53. The van der Waals surface area contributed by atoms with Crippen LogP contribution in [0, 0.1) is 0 Å². The summed E-state index contributed by atoms with van der Waals surface area (Å²) in [6, 6.07) is 13.3. The van der Waals surface area contributed by atoms with Crippen molar-refractivity contribution < 1.29 is 4.74 Å². The van der Waals surface area contributed by atoms with Gasteiger partial charge in [0.05, 0.1) is 7.11 Å². The number of nitrogens with one attached hydrogen (secondary N) is 1. The fraction of sp³-hybridized carbons (Fsp3) is 0.444. The molecule has 0 spiro atoms. The second kappa shape index (κ2) is 7.30. The molecular formula is C18H25NO. The van der Waals surface area contributed by atoms with Crippen LogP contribution in [-0.2, 0) is 6.42 Å². The number of unbranched alkanes of at least 4 members (excludes halogenated alkanes) is 1. The van der Waals surface area contributed by atoms with Crippen LogP contribution in [0.1, 0.15) is 32.3 Å². The Labute approximate surface area is 122 Å². The summed E-state index contributed by atoms with van der Waals surface area (Å²) in [7, 11) is 1.76. The molecule has 2 aromatic carbocycles. The molecule has 0 radical (unpaired) electrons. The van der Waals surface area contributed by atoms with Gasteiger partial charge in [0.15, 0.2) is 0 Å². The first-order chi connectivity index (χ1) is 9.72. The van der Waals surface area contributed by atoms with Crippen molar-refractivity contribution in [1.82, 2.24) is 5.32 Å². The standard InChI is InChI=1S/C18H25NO/c1-14(2)19-13-7-6-10-17-16-9-5-4-8-15(16)11-12-18(17)20-3/h4-5,8-9,11-12,14,19H,6-7,10,13H2,1-3H3. The Bertz CT molecular complexity index is 548. The van der Waals surface area contributed by atoms with Crippen molar-refractivity contribution in [2.24, 2.45) is 0 Å². The Morgan fingerprint density at radius 3 is 2.60 bits per heavy atom. The van der Waals surface area contributed by atoms with Crippen molar-refractivity contribution >= 4 is 10.8 Å². The molecule has 0 bridgehead atoms. The van der Waals surface area contributed by atoms with E-state index in [2.05, 4.69) is 55.6 Å². The number of benzene rings is 2. The number of ether oxygens (including phenoxy) is 1. The smallest absolute Gasteiger partial charge is 0.122 e. The molecule has 0 aromatic heterocycles. The summed E-state index contributed by atoms with van der Waals surface area (Å²) in [5.41, 5.74) is 1.34. The molecule has 0 aliphatic heterocycles. The van der Waals surface area contributed by atoms with Gasteiger partial charge in [0.1, 0.15) is 5.75 Å². The van der Waals surface area contributed by atoms with E-state index in [0.29, 0.717) is 6.04 Å². The predicted octanol–water partition coefficient (Wildman–Crippen LogP) is 4.17. The third-order valence-electron chi connectivity index (χ3n) is 3.62. The molecule has 0 amide bonds. The molecule has 108 valence electrons. The lowest BCUT2D eigenvalue weighted by Crippen LogP contribution is -2.23. The van der Waals surface area contributed by atoms with E-state index in [1.807, 2.05) is 0 Å². The van der Waals surface area contributed by atoms with Crippen molar-refractivity contribution in [1.29, 1.82) is 0 Å². The largest absolute Gasteiger partial charge is 0.496 e. The molecular weight excluding hydrogens is 246 g/mol. The van der Waals surface area contributed by atoms with Crippen molar-refractivity contribution in [3.05, 3.63) is 42.0 Å². The lowest BCUT2D eigenvalue weighted by Gasteiger charge is -2.13. The third-order valence-corrected chi connectivity index (χ3v) is 3.62. The molecule has 0 fully saturated rings. The van der Waals surface area contributed by atoms with Gasteiger partial charge in [-0.1, -0.05) is 44.2 Å². The molecule has 0 saturated heterocycles. The van der Waals surface area contributed by atoms with E-state index in [-0.39, 0.29) is 0 Å². The molecule has 0 atom stereocenters. The van der Waals surface area contributed by atoms with E-state index in [1.165, 1.54) is 29.2 Å². The lowest BCUT2D eigenvalue weighted by molar-refractivity contribution is 0.409. The Balaban J connectivity index is 2.07. The van der Waals surface area contributed by atoms with Crippen LogP contribution in [0.5, 0.6) is 5.75 Å². The zero-order valence-corrected chi connectivity index (χ0v) is 12.8. The van der Waals surface area contributed by atoms with Gasteiger partial charge in [0.25, 0.3) is 0 Å². The maximum atomic E-state index is 5.53. The van der Waals surface area contributed by atoms with Gasteiger partial charge in [-0.25, -0.2) is 0 Å². The average Bonchev–Trinajstić information content (AvgIpc) is 2.46. The van der Waals surface area contributed by atoms with Gasteiger partial charge >= 0.3 is 0 Å². The molecule has 0 aliphatic carbocycles. The Morgan fingerprint density at radius 2 is 1.85 bits per heavy atom. The van der Waals surface area contributed by atoms with Crippen LogP contribution in [0.15, 0.2) is 36.4 Å². The summed E-state index contributed by atoms with van der Waals surface area (Å²) >= 11 is 0. The van der Waals surface area contributed by atoms with Crippen LogP contribution >= 0.6 is 0 Å². The molecule has 2 rings (SSSR count). The quantitative estimate of drug-likeness (QED) is 0.763. The Morgan fingerprint density at radius 1 is 1.05 bits per heavy atom. The van der Waals surface area contributed by atoms with Gasteiger partial charge < -0.3 is 10.1 Å². The number of hydrogen-bond donors (Lipinski definition) is 1. The minimum absolute atomic E-state index is 0.571. The SMILES string of the molecule is COc1ccc2ccccc2c1CCCCNC(C)C. The molecule has 2 aromatic rings. The first-order valence-corrected chi connectivity index (χ1v) is 7.50. The topological polar surface area (TPSA) is 21.3 Å². The maximum Gasteiger partial charge on any atom is 0.122 e. The summed E-state index contributed by atoms with van der Waals surface area (Å²) in [4.78, 5) is 0. The minimum Gasteiger partial charge on any atom is -0.496 e. The van der Waals surface area contributed by atoms with Gasteiger partial charge in [-0.05, 0) is 42.6 Å². The van der Waals surface area contributed by atoms with Crippen LogP contribution in [0.25, 0.3) is 10.8 Å². The number of aryl methyl sites for hydroxylation is 1. The van der Waals surface area contributed by atoms with E-state index in [4.69, 9.17) is 4.74 Å². The molecule has 1 N–H and O–H groups in total. The zero-order valence-electron chi connectivity index (χ0n) is 12.8. The first kappa shape index (κ1) is 14.9. The van der Waals surface area contributed by atoms with Crippen molar-refractivity contribution in [3.8, 4) is 5.75 Å². The monoisotopic (exact) mass is 271 g/mol. The van der Waals surface area contributed by atoms with Crippen molar-refractivity contribution in [3.63, 3.8) is 0 Å². The van der Waals surface area contributed by atoms with E-state index in [1.54, 1.807) is 7.11 Å². The molecule has 0 saturated carbocycles. The van der Waals surface area contributed by atoms with E-state index in [9.17, 15) is 0 Å². The van der Waals surface area contributed by atoms with Crippen molar-refractivity contribution in [2.75, 3.05) is 13.7 Å². The molecule has 2 heteroatoms. The molecule has 2 nitrogen and oxygen atoms in total.